The highest BCUT2D eigenvalue weighted by molar-refractivity contribution is 5.94. The summed E-state index contributed by atoms with van der Waals surface area (Å²) in [5, 5.41) is 0. The summed E-state index contributed by atoms with van der Waals surface area (Å²) >= 11 is 0. The van der Waals surface area contributed by atoms with Crippen LogP contribution in [-0.2, 0) is 4.79 Å². The maximum absolute atomic E-state index is 13.6. The van der Waals surface area contributed by atoms with Crippen molar-refractivity contribution >= 4 is 11.8 Å². The van der Waals surface area contributed by atoms with E-state index in [0.29, 0.717) is 38.7 Å². The van der Waals surface area contributed by atoms with Gasteiger partial charge in [0.05, 0.1) is 5.56 Å². The number of carbonyl (C=O) groups excluding carboxylic acids is 2. The van der Waals surface area contributed by atoms with Crippen molar-refractivity contribution in [2.24, 2.45) is 0 Å². The number of unbranched alkanes of at least 4 members (excludes halogenated alkanes) is 1. The molecule has 0 N–H and O–H groups in total. The van der Waals surface area contributed by atoms with E-state index in [4.69, 9.17) is 0 Å². The van der Waals surface area contributed by atoms with E-state index in [2.05, 4.69) is 0 Å². The zero-order valence-corrected chi connectivity index (χ0v) is 12.6. The summed E-state index contributed by atoms with van der Waals surface area (Å²) in [7, 11) is 0. The minimum atomic E-state index is -0.855. The fraction of sp³-hybridized carbons (Fsp3) is 0.500. The number of rotatable bonds is 4. The average molecular weight is 310 g/mol. The van der Waals surface area contributed by atoms with Crippen LogP contribution in [0.25, 0.3) is 0 Å². The Morgan fingerprint density at radius 1 is 1.09 bits per heavy atom. The standard InChI is InChI=1S/C16H20F2N2O2/c1-2-3-4-15(21)19-7-9-20(10-8-19)16(22)13-6-5-12(17)11-14(13)18/h5-6,11H,2-4,7-10H2,1H3. The number of benzene rings is 1. The van der Waals surface area contributed by atoms with E-state index in [-0.39, 0.29) is 11.5 Å². The first-order valence-corrected chi connectivity index (χ1v) is 7.55. The molecule has 1 aromatic carbocycles. The Kier molecular flexibility index (Phi) is 5.46. The molecule has 0 spiro atoms. The van der Waals surface area contributed by atoms with Crippen LogP contribution in [0.3, 0.4) is 0 Å². The number of carbonyl (C=O) groups is 2. The van der Waals surface area contributed by atoms with E-state index in [9.17, 15) is 18.4 Å². The molecule has 0 radical (unpaired) electrons. The normalized spacial score (nSPS) is 15.0. The quantitative estimate of drug-likeness (QED) is 0.857. The lowest BCUT2D eigenvalue weighted by atomic mass is 10.1. The van der Waals surface area contributed by atoms with E-state index >= 15 is 0 Å². The van der Waals surface area contributed by atoms with Gasteiger partial charge < -0.3 is 9.80 Å². The van der Waals surface area contributed by atoms with Crippen molar-refractivity contribution < 1.29 is 18.4 Å². The van der Waals surface area contributed by atoms with Crippen molar-refractivity contribution in [2.75, 3.05) is 26.2 Å². The first-order chi connectivity index (χ1) is 10.5. The molecule has 120 valence electrons. The van der Waals surface area contributed by atoms with Gasteiger partial charge in [-0.25, -0.2) is 8.78 Å². The highest BCUT2D eigenvalue weighted by atomic mass is 19.1. The van der Waals surface area contributed by atoms with Gasteiger partial charge in [0, 0.05) is 38.7 Å². The summed E-state index contributed by atoms with van der Waals surface area (Å²) < 4.78 is 26.5. The smallest absolute Gasteiger partial charge is 0.256 e. The van der Waals surface area contributed by atoms with E-state index in [1.165, 1.54) is 4.90 Å². The SMILES string of the molecule is CCCCC(=O)N1CCN(C(=O)c2ccc(F)cc2F)CC1. The number of nitrogens with zero attached hydrogens (tertiary/aromatic N) is 2. The molecule has 2 amide bonds. The van der Waals surface area contributed by atoms with Gasteiger partial charge in [0.1, 0.15) is 11.6 Å². The Labute approximate surface area is 128 Å². The minimum absolute atomic E-state index is 0.0990. The lowest BCUT2D eigenvalue weighted by Gasteiger charge is -2.35. The van der Waals surface area contributed by atoms with Gasteiger partial charge in [-0.3, -0.25) is 9.59 Å². The van der Waals surface area contributed by atoms with Gasteiger partial charge >= 0.3 is 0 Å². The molecule has 1 aliphatic heterocycles. The summed E-state index contributed by atoms with van der Waals surface area (Å²) in [6, 6.07) is 2.93. The number of piperazine rings is 1. The van der Waals surface area contributed by atoms with Crippen molar-refractivity contribution in [1.82, 2.24) is 9.80 Å². The molecule has 0 unspecified atom stereocenters. The second-order valence-corrected chi connectivity index (χ2v) is 5.40. The van der Waals surface area contributed by atoms with E-state index in [1.54, 1.807) is 4.90 Å². The molecule has 2 rings (SSSR count). The van der Waals surface area contributed by atoms with Crippen molar-refractivity contribution in [3.63, 3.8) is 0 Å². The summed E-state index contributed by atoms with van der Waals surface area (Å²) in [4.78, 5) is 27.4. The maximum Gasteiger partial charge on any atom is 0.256 e. The Morgan fingerprint density at radius 3 is 2.32 bits per heavy atom. The minimum Gasteiger partial charge on any atom is -0.339 e. The molecule has 1 heterocycles. The molecule has 0 aliphatic carbocycles. The summed E-state index contributed by atoms with van der Waals surface area (Å²) in [6.45, 7) is 3.68. The molecule has 1 aromatic rings. The second kappa shape index (κ2) is 7.33. The van der Waals surface area contributed by atoms with Crippen LogP contribution in [0.2, 0.25) is 0 Å². The number of hydrogen-bond acceptors (Lipinski definition) is 2. The number of halogens is 2. The van der Waals surface area contributed by atoms with Crippen molar-refractivity contribution in [2.45, 2.75) is 26.2 Å². The van der Waals surface area contributed by atoms with Gasteiger partial charge in [0.2, 0.25) is 5.91 Å². The number of hydrogen-bond donors (Lipinski definition) is 0. The third kappa shape index (κ3) is 3.81. The van der Waals surface area contributed by atoms with E-state index in [0.717, 1.165) is 25.0 Å². The van der Waals surface area contributed by atoms with Crippen LogP contribution in [0.5, 0.6) is 0 Å². The van der Waals surface area contributed by atoms with Gasteiger partial charge in [-0.15, -0.1) is 0 Å². The van der Waals surface area contributed by atoms with Gasteiger partial charge in [0.25, 0.3) is 5.91 Å². The molecule has 22 heavy (non-hydrogen) atoms. The Balaban J connectivity index is 1.93. The Hall–Kier alpha value is -1.98. The monoisotopic (exact) mass is 310 g/mol. The first kappa shape index (κ1) is 16.4. The maximum atomic E-state index is 13.6. The topological polar surface area (TPSA) is 40.6 Å². The highest BCUT2D eigenvalue weighted by Crippen LogP contribution is 2.14. The molecule has 0 aromatic heterocycles. The highest BCUT2D eigenvalue weighted by Gasteiger charge is 2.26. The van der Waals surface area contributed by atoms with Gasteiger partial charge in [-0.1, -0.05) is 13.3 Å². The Morgan fingerprint density at radius 2 is 1.73 bits per heavy atom. The molecule has 6 heteroatoms. The van der Waals surface area contributed by atoms with Crippen molar-refractivity contribution in [3.05, 3.63) is 35.4 Å². The molecule has 0 bridgehead atoms. The molecular formula is C16H20F2N2O2. The van der Waals surface area contributed by atoms with E-state index < -0.39 is 17.5 Å². The molecule has 4 nitrogen and oxygen atoms in total. The third-order valence-corrected chi connectivity index (χ3v) is 3.83. The molecule has 1 saturated heterocycles. The van der Waals surface area contributed by atoms with Crippen LogP contribution in [0.1, 0.15) is 36.5 Å². The average Bonchev–Trinajstić information content (AvgIpc) is 2.52. The van der Waals surface area contributed by atoms with Crippen LogP contribution in [0.4, 0.5) is 8.78 Å². The fourth-order valence-corrected chi connectivity index (χ4v) is 2.48. The molecule has 0 saturated carbocycles. The van der Waals surface area contributed by atoms with Gasteiger partial charge in [0.15, 0.2) is 0 Å². The predicted molar refractivity (Wildman–Crippen MR) is 78.4 cm³/mol. The van der Waals surface area contributed by atoms with Crippen LogP contribution in [0, 0.1) is 11.6 Å². The summed E-state index contributed by atoms with van der Waals surface area (Å²) in [5.41, 5.74) is -0.132. The summed E-state index contributed by atoms with van der Waals surface area (Å²) in [5.74, 6) is -1.92. The summed E-state index contributed by atoms with van der Waals surface area (Å²) in [6.07, 6.45) is 2.35. The lowest BCUT2D eigenvalue weighted by Crippen LogP contribution is -2.50. The molecular weight excluding hydrogens is 290 g/mol. The molecule has 1 fully saturated rings. The Bertz CT molecular complexity index is 555. The van der Waals surface area contributed by atoms with Crippen LogP contribution in [-0.4, -0.2) is 47.8 Å². The predicted octanol–water partition coefficient (Wildman–Crippen LogP) is 2.44. The van der Waals surface area contributed by atoms with Crippen LogP contribution < -0.4 is 0 Å². The molecule has 0 atom stereocenters. The largest absolute Gasteiger partial charge is 0.339 e. The zero-order chi connectivity index (χ0) is 16.1. The third-order valence-electron chi connectivity index (χ3n) is 3.83. The molecule has 1 aliphatic rings. The number of amides is 2. The first-order valence-electron chi connectivity index (χ1n) is 7.55. The van der Waals surface area contributed by atoms with Crippen LogP contribution >= 0.6 is 0 Å². The van der Waals surface area contributed by atoms with Crippen LogP contribution in [0.15, 0.2) is 18.2 Å². The van der Waals surface area contributed by atoms with Gasteiger partial charge in [-0.05, 0) is 18.6 Å². The van der Waals surface area contributed by atoms with Crippen molar-refractivity contribution in [1.29, 1.82) is 0 Å². The lowest BCUT2D eigenvalue weighted by molar-refractivity contribution is -0.132. The fourth-order valence-electron chi connectivity index (χ4n) is 2.48. The van der Waals surface area contributed by atoms with Crippen molar-refractivity contribution in [3.8, 4) is 0 Å². The zero-order valence-electron chi connectivity index (χ0n) is 12.6. The second-order valence-electron chi connectivity index (χ2n) is 5.40. The van der Waals surface area contributed by atoms with Gasteiger partial charge in [-0.2, -0.15) is 0 Å². The van der Waals surface area contributed by atoms with E-state index in [1.807, 2.05) is 6.92 Å².